The van der Waals surface area contributed by atoms with Gasteiger partial charge in [0.25, 0.3) is 5.91 Å². The first-order valence-electron chi connectivity index (χ1n) is 10.2. The Morgan fingerprint density at radius 3 is 2.64 bits per heavy atom. The molecular formula is C25H22N4O3S. The van der Waals surface area contributed by atoms with Crippen LogP contribution in [0.2, 0.25) is 0 Å². The molecule has 8 heteroatoms. The van der Waals surface area contributed by atoms with Crippen LogP contribution in [0.4, 0.5) is 0 Å². The van der Waals surface area contributed by atoms with Crippen molar-refractivity contribution >= 4 is 23.0 Å². The molecule has 0 spiro atoms. The summed E-state index contributed by atoms with van der Waals surface area (Å²) in [6.07, 6.45) is 3.43. The van der Waals surface area contributed by atoms with Crippen LogP contribution in [0.1, 0.15) is 34.1 Å². The second kappa shape index (κ2) is 10.1. The number of aromatic hydroxyl groups is 1. The van der Waals surface area contributed by atoms with Crippen molar-refractivity contribution in [3.63, 3.8) is 0 Å². The van der Waals surface area contributed by atoms with Gasteiger partial charge in [0, 0.05) is 46.6 Å². The van der Waals surface area contributed by atoms with Gasteiger partial charge in [-0.2, -0.15) is 0 Å². The number of phenols is 1. The zero-order valence-electron chi connectivity index (χ0n) is 17.9. The van der Waals surface area contributed by atoms with Crippen LogP contribution in [-0.4, -0.2) is 33.8 Å². The van der Waals surface area contributed by atoms with Crippen LogP contribution in [-0.2, 0) is 0 Å². The van der Waals surface area contributed by atoms with Gasteiger partial charge >= 0.3 is 0 Å². The number of para-hydroxylation sites is 1. The van der Waals surface area contributed by atoms with Crippen LogP contribution in [0.3, 0.4) is 0 Å². The Morgan fingerprint density at radius 1 is 1.15 bits per heavy atom. The smallest absolute Gasteiger partial charge is 0.271 e. The number of rotatable bonds is 8. The highest BCUT2D eigenvalue weighted by atomic mass is 32.1. The van der Waals surface area contributed by atoms with E-state index in [0.717, 1.165) is 11.3 Å². The quantitative estimate of drug-likeness (QED) is 0.327. The molecule has 3 N–H and O–H groups in total. The molecule has 0 fully saturated rings. The van der Waals surface area contributed by atoms with Gasteiger partial charge in [0.2, 0.25) is 0 Å². The number of ether oxygens (including phenoxy) is 1. The monoisotopic (exact) mass is 458 g/mol. The number of carbonyl (C=O) groups excluding carboxylic acids is 1. The average Bonchev–Trinajstić information content (AvgIpc) is 3.35. The van der Waals surface area contributed by atoms with Crippen molar-refractivity contribution in [2.75, 3.05) is 7.11 Å². The summed E-state index contributed by atoms with van der Waals surface area (Å²) in [6, 6.07) is 17.2. The Kier molecular flexibility index (Phi) is 6.75. The highest BCUT2D eigenvalue weighted by molar-refractivity contribution is 7.13. The zero-order valence-corrected chi connectivity index (χ0v) is 18.7. The zero-order chi connectivity index (χ0) is 23.2. The van der Waals surface area contributed by atoms with Crippen molar-refractivity contribution in [3.05, 3.63) is 95.3 Å². The number of amides is 1. The van der Waals surface area contributed by atoms with E-state index >= 15 is 0 Å². The number of phenolic OH excluding ortho intramolecular Hbond substituents is 1. The first-order chi connectivity index (χ1) is 16.0. The lowest BCUT2D eigenvalue weighted by molar-refractivity contribution is 0.0933. The third-order valence-electron chi connectivity index (χ3n) is 5.11. The average molecular weight is 459 g/mol. The lowest BCUT2D eigenvalue weighted by Crippen LogP contribution is -2.30. The number of nitrogens with one attached hydrogen (secondary N) is 2. The molecule has 2 aromatic heterocycles. The van der Waals surface area contributed by atoms with Crippen molar-refractivity contribution in [1.29, 1.82) is 5.41 Å². The number of aromatic nitrogens is 2. The highest BCUT2D eigenvalue weighted by Gasteiger charge is 2.22. The summed E-state index contributed by atoms with van der Waals surface area (Å²) in [7, 11) is 1.61. The highest BCUT2D eigenvalue weighted by Crippen LogP contribution is 2.29. The minimum absolute atomic E-state index is 0.0546. The number of pyridine rings is 1. The molecule has 0 bridgehead atoms. The fourth-order valence-electron chi connectivity index (χ4n) is 3.36. The number of carbonyl (C=O) groups is 1. The van der Waals surface area contributed by atoms with Crippen LogP contribution in [0, 0.1) is 5.41 Å². The fourth-order valence-corrected chi connectivity index (χ4v) is 4.17. The van der Waals surface area contributed by atoms with Crippen molar-refractivity contribution in [3.8, 4) is 22.1 Å². The van der Waals surface area contributed by atoms with Gasteiger partial charge in [-0.3, -0.25) is 9.78 Å². The summed E-state index contributed by atoms with van der Waals surface area (Å²) in [5.41, 5.74) is 2.65. The molecule has 0 aliphatic heterocycles. The lowest BCUT2D eigenvalue weighted by Gasteiger charge is -2.20. The van der Waals surface area contributed by atoms with Gasteiger partial charge in [0.1, 0.15) is 22.2 Å². The molecule has 2 heterocycles. The summed E-state index contributed by atoms with van der Waals surface area (Å²) < 4.78 is 5.18. The van der Waals surface area contributed by atoms with Crippen molar-refractivity contribution in [2.24, 2.45) is 0 Å². The topological polar surface area (TPSA) is 108 Å². The van der Waals surface area contributed by atoms with E-state index in [0.29, 0.717) is 21.8 Å². The first kappa shape index (κ1) is 22.2. The summed E-state index contributed by atoms with van der Waals surface area (Å²) in [6.45, 7) is 0. The molecule has 33 heavy (non-hydrogen) atoms. The molecule has 4 aromatic rings. The SMILES string of the molecule is COc1ccc(-c2nc(C(=O)NC(CC(=N)c3cccnc3)c3ccccc3O)cs2)cc1. The van der Waals surface area contributed by atoms with Crippen LogP contribution in [0.15, 0.2) is 78.4 Å². The molecule has 0 saturated carbocycles. The minimum Gasteiger partial charge on any atom is -0.508 e. The molecule has 166 valence electrons. The predicted octanol–water partition coefficient (Wildman–Crippen LogP) is 4.85. The van der Waals surface area contributed by atoms with E-state index in [2.05, 4.69) is 15.3 Å². The number of thiazole rings is 1. The van der Waals surface area contributed by atoms with E-state index in [1.807, 2.05) is 24.3 Å². The van der Waals surface area contributed by atoms with Crippen LogP contribution in [0.25, 0.3) is 10.6 Å². The van der Waals surface area contributed by atoms with Crippen LogP contribution < -0.4 is 10.1 Å². The molecule has 0 aliphatic carbocycles. The third kappa shape index (κ3) is 5.24. The third-order valence-corrected chi connectivity index (χ3v) is 6.00. The Balaban J connectivity index is 1.55. The van der Waals surface area contributed by atoms with Gasteiger partial charge in [-0.15, -0.1) is 11.3 Å². The molecule has 0 aliphatic rings. The maximum absolute atomic E-state index is 13.1. The summed E-state index contributed by atoms with van der Waals surface area (Å²) >= 11 is 1.37. The fraction of sp³-hybridized carbons (Fsp3) is 0.120. The molecule has 0 saturated heterocycles. The van der Waals surface area contributed by atoms with Crippen LogP contribution >= 0.6 is 11.3 Å². The summed E-state index contributed by atoms with van der Waals surface area (Å²) in [5.74, 6) is 0.423. The normalized spacial score (nSPS) is 11.5. The van der Waals surface area contributed by atoms with Gasteiger partial charge in [-0.25, -0.2) is 4.98 Å². The molecule has 0 radical (unpaired) electrons. The van der Waals surface area contributed by atoms with E-state index in [1.165, 1.54) is 11.3 Å². The van der Waals surface area contributed by atoms with E-state index in [9.17, 15) is 9.90 Å². The van der Waals surface area contributed by atoms with E-state index in [4.69, 9.17) is 10.1 Å². The van der Waals surface area contributed by atoms with Gasteiger partial charge in [0.15, 0.2) is 0 Å². The Labute approximate surface area is 195 Å². The number of hydrogen-bond acceptors (Lipinski definition) is 7. The Morgan fingerprint density at radius 2 is 1.94 bits per heavy atom. The van der Waals surface area contributed by atoms with Crippen molar-refractivity contribution < 1.29 is 14.6 Å². The van der Waals surface area contributed by atoms with Crippen molar-refractivity contribution in [1.82, 2.24) is 15.3 Å². The maximum atomic E-state index is 13.1. The van der Waals surface area contributed by atoms with Crippen LogP contribution in [0.5, 0.6) is 11.5 Å². The summed E-state index contributed by atoms with van der Waals surface area (Å²) in [5, 5.41) is 24.2. The summed E-state index contributed by atoms with van der Waals surface area (Å²) in [4.78, 5) is 21.6. The first-order valence-corrected chi connectivity index (χ1v) is 11.1. The van der Waals surface area contributed by atoms with E-state index in [1.54, 1.807) is 61.3 Å². The van der Waals surface area contributed by atoms with Gasteiger partial charge in [-0.05, 0) is 36.4 Å². The van der Waals surface area contributed by atoms with Gasteiger partial charge in [0.05, 0.1) is 13.2 Å². The molecule has 4 rings (SSSR count). The number of nitrogens with zero attached hydrogens (tertiary/aromatic N) is 2. The lowest BCUT2D eigenvalue weighted by atomic mass is 9.97. The molecular weight excluding hydrogens is 436 g/mol. The second-order valence-corrected chi connectivity index (χ2v) is 8.13. The largest absolute Gasteiger partial charge is 0.508 e. The Hall–Kier alpha value is -4.04. The molecule has 2 aromatic carbocycles. The molecule has 7 nitrogen and oxygen atoms in total. The molecule has 1 atom stereocenters. The maximum Gasteiger partial charge on any atom is 0.271 e. The number of methoxy groups -OCH3 is 1. The Bertz CT molecular complexity index is 1260. The second-order valence-electron chi connectivity index (χ2n) is 7.28. The minimum atomic E-state index is -0.613. The van der Waals surface area contributed by atoms with E-state index < -0.39 is 6.04 Å². The number of benzene rings is 2. The predicted molar refractivity (Wildman–Crippen MR) is 128 cm³/mol. The molecule has 1 amide bonds. The molecule has 1 unspecified atom stereocenters. The van der Waals surface area contributed by atoms with Gasteiger partial charge < -0.3 is 20.6 Å². The number of hydrogen-bond donors (Lipinski definition) is 3. The van der Waals surface area contributed by atoms with Crippen molar-refractivity contribution in [2.45, 2.75) is 12.5 Å². The van der Waals surface area contributed by atoms with Gasteiger partial charge in [-0.1, -0.05) is 24.3 Å². The van der Waals surface area contributed by atoms with E-state index in [-0.39, 0.29) is 23.8 Å². The standard InChI is InChI=1S/C25H22N4O3S/c1-32-18-10-8-16(9-11-18)25-29-22(15-33-25)24(31)28-21(19-6-2-3-7-23(19)30)13-20(26)17-5-4-12-27-14-17/h2-12,14-15,21,26,30H,13H2,1H3,(H,28,31).